The Balaban J connectivity index is 4.40. The molecule has 0 amide bonds. The number of ether oxygens (including phenoxy) is 3. The third-order valence-corrected chi connectivity index (χ3v) is 11.4. The first kappa shape index (κ1) is 62.3. The molecule has 0 aromatic carbocycles. The minimum absolute atomic E-state index is 0.127. The molecular weight excluding hydrogens is 817 g/mol. The highest BCUT2D eigenvalue weighted by atomic mass is 16.6. The molecule has 0 fully saturated rings. The van der Waals surface area contributed by atoms with Gasteiger partial charge in [-0.3, -0.25) is 14.4 Å². The van der Waals surface area contributed by atoms with Gasteiger partial charge in [0.2, 0.25) is 0 Å². The summed E-state index contributed by atoms with van der Waals surface area (Å²) in [5.74, 6) is -1.09. The van der Waals surface area contributed by atoms with Crippen LogP contribution in [0.15, 0.2) is 97.2 Å². The normalized spacial score (nSPS) is 12.8. The van der Waals surface area contributed by atoms with Gasteiger partial charge >= 0.3 is 17.9 Å². The summed E-state index contributed by atoms with van der Waals surface area (Å²) in [4.78, 5) is 37.9. The SMILES string of the molecule is CC/C=C\C/C=C\C/C=C\C/C=C\CCC(=O)OCC(COC(=O)CCCCCCCCCCCCCCCCCCCCCCCC)OC(=O)CC/C=C\C/C=C\C/C=C\C/C=C\CC. The first-order valence-corrected chi connectivity index (χ1v) is 27.2. The molecule has 0 bridgehead atoms. The molecule has 6 nitrogen and oxygen atoms in total. The average Bonchev–Trinajstić information content (AvgIpc) is 3.31. The predicted octanol–water partition coefficient (Wildman–Crippen LogP) is 18.1. The fourth-order valence-electron chi connectivity index (χ4n) is 7.35. The molecule has 0 aliphatic carbocycles. The number of rotatable bonds is 48. The van der Waals surface area contributed by atoms with Crippen molar-refractivity contribution < 1.29 is 28.6 Å². The molecule has 0 rings (SSSR count). The van der Waals surface area contributed by atoms with Crippen LogP contribution in [0, 0.1) is 0 Å². The highest BCUT2D eigenvalue weighted by molar-refractivity contribution is 5.71. The maximum atomic E-state index is 12.7. The van der Waals surface area contributed by atoms with Crippen molar-refractivity contribution in [3.05, 3.63) is 97.2 Å². The van der Waals surface area contributed by atoms with Crippen molar-refractivity contribution in [2.24, 2.45) is 0 Å². The van der Waals surface area contributed by atoms with Gasteiger partial charge in [-0.25, -0.2) is 0 Å². The highest BCUT2D eigenvalue weighted by Gasteiger charge is 2.19. The summed E-state index contributed by atoms with van der Waals surface area (Å²) in [6, 6.07) is 0. The molecule has 1 unspecified atom stereocenters. The number of carbonyl (C=O) groups excluding carboxylic acids is 3. The van der Waals surface area contributed by atoms with Gasteiger partial charge in [-0.05, 0) is 70.6 Å². The van der Waals surface area contributed by atoms with Crippen LogP contribution >= 0.6 is 0 Å². The third-order valence-electron chi connectivity index (χ3n) is 11.4. The fraction of sp³-hybridized carbons (Fsp3) is 0.683. The molecule has 0 spiro atoms. The largest absolute Gasteiger partial charge is 0.462 e. The maximum Gasteiger partial charge on any atom is 0.306 e. The van der Waals surface area contributed by atoms with E-state index in [1.54, 1.807) is 0 Å². The Morgan fingerprint density at radius 1 is 0.318 bits per heavy atom. The van der Waals surface area contributed by atoms with Crippen molar-refractivity contribution >= 4 is 17.9 Å². The summed E-state index contributed by atoms with van der Waals surface area (Å²) in [5.41, 5.74) is 0. The van der Waals surface area contributed by atoms with E-state index in [-0.39, 0.29) is 38.0 Å². The van der Waals surface area contributed by atoms with Crippen molar-refractivity contribution in [1.29, 1.82) is 0 Å². The number of hydrogen-bond acceptors (Lipinski definition) is 6. The molecular formula is C60H100O6. The zero-order valence-electron chi connectivity index (χ0n) is 42.9. The van der Waals surface area contributed by atoms with Gasteiger partial charge in [-0.2, -0.15) is 0 Å². The summed E-state index contributed by atoms with van der Waals surface area (Å²) < 4.78 is 16.7. The molecule has 0 aliphatic rings. The summed E-state index contributed by atoms with van der Waals surface area (Å²) in [7, 11) is 0. The quantitative estimate of drug-likeness (QED) is 0.0262. The van der Waals surface area contributed by atoms with E-state index < -0.39 is 12.1 Å². The maximum absolute atomic E-state index is 12.7. The zero-order valence-corrected chi connectivity index (χ0v) is 42.9. The molecule has 0 radical (unpaired) electrons. The lowest BCUT2D eigenvalue weighted by Crippen LogP contribution is -2.30. The van der Waals surface area contributed by atoms with Gasteiger partial charge in [0.25, 0.3) is 0 Å². The summed E-state index contributed by atoms with van der Waals surface area (Å²) in [6.45, 7) is 6.29. The molecule has 0 aromatic heterocycles. The van der Waals surface area contributed by atoms with Crippen LogP contribution in [-0.2, 0) is 28.6 Å². The van der Waals surface area contributed by atoms with E-state index in [0.717, 1.165) is 70.6 Å². The molecule has 0 N–H and O–H groups in total. The minimum atomic E-state index is -0.843. The van der Waals surface area contributed by atoms with Crippen LogP contribution in [0.25, 0.3) is 0 Å². The molecule has 0 aliphatic heterocycles. The van der Waals surface area contributed by atoms with Gasteiger partial charge in [0.1, 0.15) is 13.2 Å². The van der Waals surface area contributed by atoms with Gasteiger partial charge in [-0.1, -0.05) is 253 Å². The van der Waals surface area contributed by atoms with Gasteiger partial charge in [0.15, 0.2) is 6.10 Å². The highest BCUT2D eigenvalue weighted by Crippen LogP contribution is 2.16. The molecule has 0 aromatic rings. The number of carbonyl (C=O) groups is 3. The Labute approximate surface area is 407 Å². The molecule has 0 saturated heterocycles. The average molecular weight is 917 g/mol. The summed E-state index contributed by atoms with van der Waals surface area (Å²) in [6.07, 6.45) is 71.6. The summed E-state index contributed by atoms with van der Waals surface area (Å²) >= 11 is 0. The first-order valence-electron chi connectivity index (χ1n) is 27.2. The second-order valence-electron chi connectivity index (χ2n) is 17.7. The predicted molar refractivity (Wildman–Crippen MR) is 284 cm³/mol. The molecule has 66 heavy (non-hydrogen) atoms. The van der Waals surface area contributed by atoms with Crippen LogP contribution in [-0.4, -0.2) is 37.2 Å². The topological polar surface area (TPSA) is 78.9 Å². The van der Waals surface area contributed by atoms with Crippen LogP contribution in [0.3, 0.4) is 0 Å². The van der Waals surface area contributed by atoms with Crippen LogP contribution in [0.2, 0.25) is 0 Å². The van der Waals surface area contributed by atoms with Crippen molar-refractivity contribution in [3.63, 3.8) is 0 Å². The molecule has 0 heterocycles. The minimum Gasteiger partial charge on any atom is -0.462 e. The number of allylic oxidation sites excluding steroid dienone is 16. The zero-order chi connectivity index (χ0) is 47.9. The van der Waals surface area contributed by atoms with Crippen molar-refractivity contribution in [1.82, 2.24) is 0 Å². The van der Waals surface area contributed by atoms with Crippen molar-refractivity contribution in [2.75, 3.05) is 13.2 Å². The van der Waals surface area contributed by atoms with Crippen molar-refractivity contribution in [2.45, 2.75) is 252 Å². The van der Waals surface area contributed by atoms with E-state index in [0.29, 0.717) is 19.3 Å². The van der Waals surface area contributed by atoms with E-state index in [4.69, 9.17) is 14.2 Å². The van der Waals surface area contributed by atoms with E-state index in [2.05, 4.69) is 93.7 Å². The molecule has 1 atom stereocenters. The number of hydrogen-bond donors (Lipinski definition) is 0. The Hall–Kier alpha value is -3.67. The lowest BCUT2D eigenvalue weighted by atomic mass is 10.0. The Bertz CT molecular complexity index is 1330. The summed E-state index contributed by atoms with van der Waals surface area (Å²) in [5, 5.41) is 0. The second kappa shape index (κ2) is 53.9. The monoisotopic (exact) mass is 917 g/mol. The Morgan fingerprint density at radius 3 is 0.924 bits per heavy atom. The van der Waals surface area contributed by atoms with Crippen LogP contribution in [0.5, 0.6) is 0 Å². The first-order chi connectivity index (χ1) is 32.5. The lowest BCUT2D eigenvalue weighted by molar-refractivity contribution is -0.166. The van der Waals surface area contributed by atoms with E-state index in [1.165, 1.54) is 122 Å². The van der Waals surface area contributed by atoms with E-state index in [9.17, 15) is 14.4 Å². The van der Waals surface area contributed by atoms with Gasteiger partial charge in [0, 0.05) is 19.3 Å². The molecule has 376 valence electrons. The standard InChI is InChI=1S/C60H100O6/c1-4-7-10-13-16-19-22-25-26-27-28-29-30-31-32-33-36-38-41-44-47-50-53-59(62)65-56-57(66-60(63)54-51-48-45-42-39-35-24-21-18-15-12-9-6-3)55-64-58(61)52-49-46-43-40-37-34-23-20-17-14-11-8-5-2/h8-9,11-12,17-18,20-21,34-35,37,39,43,45-46,48,57H,4-7,10,13-16,19,22-33,36,38,40-42,44,47,49-56H2,1-3H3/b11-8-,12-9-,20-17-,21-18-,37-34-,39-35-,46-43-,48-45-. The smallest absolute Gasteiger partial charge is 0.306 e. The van der Waals surface area contributed by atoms with E-state index in [1.807, 2.05) is 24.3 Å². The lowest BCUT2D eigenvalue weighted by Gasteiger charge is -2.18. The van der Waals surface area contributed by atoms with Gasteiger partial charge in [0.05, 0.1) is 0 Å². The number of unbranched alkanes of at least 4 members (excludes halogenated alkanes) is 21. The van der Waals surface area contributed by atoms with Gasteiger partial charge < -0.3 is 14.2 Å². The Morgan fingerprint density at radius 2 is 0.591 bits per heavy atom. The molecule has 0 saturated carbocycles. The van der Waals surface area contributed by atoms with Gasteiger partial charge in [-0.15, -0.1) is 0 Å². The molecule has 6 heteroatoms. The second-order valence-corrected chi connectivity index (χ2v) is 17.7. The number of esters is 3. The van der Waals surface area contributed by atoms with Crippen LogP contribution < -0.4 is 0 Å². The fourth-order valence-corrected chi connectivity index (χ4v) is 7.35. The third kappa shape index (κ3) is 51.3. The van der Waals surface area contributed by atoms with Crippen molar-refractivity contribution in [3.8, 4) is 0 Å². The van der Waals surface area contributed by atoms with Crippen LogP contribution in [0.1, 0.15) is 245 Å². The van der Waals surface area contributed by atoms with E-state index >= 15 is 0 Å². The van der Waals surface area contributed by atoms with Crippen LogP contribution in [0.4, 0.5) is 0 Å². The Kier molecular flexibility index (Phi) is 50.9.